The quantitative estimate of drug-likeness (QED) is 0.816. The zero-order valence-corrected chi connectivity index (χ0v) is 8.84. The van der Waals surface area contributed by atoms with E-state index in [9.17, 15) is 4.79 Å². The van der Waals surface area contributed by atoms with E-state index in [2.05, 4.69) is 15.9 Å². The molecule has 1 rings (SSSR count). The van der Waals surface area contributed by atoms with Crippen molar-refractivity contribution in [1.82, 2.24) is 0 Å². The lowest BCUT2D eigenvalue weighted by Crippen LogP contribution is -2.46. The average Bonchev–Trinajstić information content (AvgIpc) is 2.04. The minimum absolute atomic E-state index is 0.536. The number of primary amides is 1. The van der Waals surface area contributed by atoms with Crippen molar-refractivity contribution in [3.63, 3.8) is 0 Å². The molecule has 0 saturated carbocycles. The predicted molar refractivity (Wildman–Crippen MR) is 54.9 cm³/mol. The van der Waals surface area contributed by atoms with Crippen molar-refractivity contribution in [3.8, 4) is 0 Å². The van der Waals surface area contributed by atoms with Crippen LogP contribution in [0.4, 0.5) is 0 Å². The Bertz CT molecular complexity index is 336. The normalized spacial score (nSPS) is 15.0. The standard InChI is InChI=1S/C9H11BrN2O/c1-9(12,8(11)13)6-3-2-4-7(10)5-6/h2-5H,12H2,1H3,(H2,11,13). The van der Waals surface area contributed by atoms with Crippen molar-refractivity contribution >= 4 is 21.8 Å². The molecule has 0 heterocycles. The molecule has 0 bridgehead atoms. The van der Waals surface area contributed by atoms with Crippen LogP contribution in [-0.4, -0.2) is 5.91 Å². The van der Waals surface area contributed by atoms with Crippen molar-refractivity contribution in [1.29, 1.82) is 0 Å². The number of carbonyl (C=O) groups is 1. The van der Waals surface area contributed by atoms with Crippen LogP contribution in [0.25, 0.3) is 0 Å². The van der Waals surface area contributed by atoms with E-state index in [4.69, 9.17) is 11.5 Å². The molecule has 0 aromatic heterocycles. The highest BCUT2D eigenvalue weighted by Gasteiger charge is 2.27. The monoisotopic (exact) mass is 242 g/mol. The molecule has 1 unspecified atom stereocenters. The summed E-state index contributed by atoms with van der Waals surface area (Å²) >= 11 is 3.30. The summed E-state index contributed by atoms with van der Waals surface area (Å²) in [6.07, 6.45) is 0. The Kier molecular flexibility index (Phi) is 2.73. The Morgan fingerprint density at radius 2 is 2.15 bits per heavy atom. The Morgan fingerprint density at radius 3 is 2.62 bits per heavy atom. The van der Waals surface area contributed by atoms with Gasteiger partial charge < -0.3 is 11.5 Å². The molecule has 0 spiro atoms. The van der Waals surface area contributed by atoms with E-state index in [-0.39, 0.29) is 0 Å². The molecule has 0 aliphatic rings. The topological polar surface area (TPSA) is 69.1 Å². The molecule has 4 heteroatoms. The van der Waals surface area contributed by atoms with Crippen molar-refractivity contribution < 1.29 is 4.79 Å². The van der Waals surface area contributed by atoms with Gasteiger partial charge in [-0.25, -0.2) is 0 Å². The van der Waals surface area contributed by atoms with E-state index in [0.717, 1.165) is 4.47 Å². The van der Waals surface area contributed by atoms with Crippen LogP contribution in [0.2, 0.25) is 0 Å². The summed E-state index contributed by atoms with van der Waals surface area (Å²) in [5.41, 5.74) is 10.5. The number of hydrogen-bond donors (Lipinski definition) is 2. The lowest BCUT2D eigenvalue weighted by molar-refractivity contribution is -0.122. The van der Waals surface area contributed by atoms with Gasteiger partial charge in [-0.3, -0.25) is 4.79 Å². The van der Waals surface area contributed by atoms with Crippen LogP contribution in [0.5, 0.6) is 0 Å². The fraction of sp³-hybridized carbons (Fsp3) is 0.222. The van der Waals surface area contributed by atoms with Gasteiger partial charge in [-0.1, -0.05) is 28.1 Å². The van der Waals surface area contributed by atoms with Crippen LogP contribution < -0.4 is 11.5 Å². The highest BCUT2D eigenvalue weighted by atomic mass is 79.9. The number of carbonyl (C=O) groups excluding carboxylic acids is 1. The molecule has 0 saturated heterocycles. The van der Waals surface area contributed by atoms with Gasteiger partial charge in [0, 0.05) is 4.47 Å². The maximum Gasteiger partial charge on any atom is 0.241 e. The number of rotatable bonds is 2. The summed E-state index contributed by atoms with van der Waals surface area (Å²) in [4.78, 5) is 11.0. The lowest BCUT2D eigenvalue weighted by atomic mass is 9.93. The Balaban J connectivity index is 3.14. The maximum absolute atomic E-state index is 11.0. The van der Waals surface area contributed by atoms with Gasteiger partial charge >= 0.3 is 0 Å². The summed E-state index contributed by atoms with van der Waals surface area (Å²) in [5, 5.41) is 0. The van der Waals surface area contributed by atoms with E-state index in [0.29, 0.717) is 5.56 Å². The number of benzene rings is 1. The summed E-state index contributed by atoms with van der Waals surface area (Å²) in [5.74, 6) is -0.536. The van der Waals surface area contributed by atoms with Crippen LogP contribution in [0, 0.1) is 0 Å². The van der Waals surface area contributed by atoms with Gasteiger partial charge in [0.2, 0.25) is 5.91 Å². The Morgan fingerprint density at radius 1 is 1.54 bits per heavy atom. The number of amides is 1. The second-order valence-electron chi connectivity index (χ2n) is 3.08. The van der Waals surface area contributed by atoms with Crippen molar-refractivity contribution in [2.75, 3.05) is 0 Å². The molecule has 4 N–H and O–H groups in total. The Labute approximate surface area is 85.2 Å². The molecule has 1 atom stereocenters. The third-order valence-electron chi connectivity index (χ3n) is 1.94. The van der Waals surface area contributed by atoms with Gasteiger partial charge in [-0.15, -0.1) is 0 Å². The number of nitrogens with two attached hydrogens (primary N) is 2. The SMILES string of the molecule is CC(N)(C(N)=O)c1cccc(Br)c1. The van der Waals surface area contributed by atoms with Gasteiger partial charge in [0.15, 0.2) is 0 Å². The first-order valence-electron chi connectivity index (χ1n) is 3.79. The maximum atomic E-state index is 11.0. The molecular weight excluding hydrogens is 232 g/mol. The van der Waals surface area contributed by atoms with E-state index >= 15 is 0 Å². The van der Waals surface area contributed by atoms with Crippen molar-refractivity contribution in [3.05, 3.63) is 34.3 Å². The van der Waals surface area contributed by atoms with Gasteiger partial charge in [-0.2, -0.15) is 0 Å². The minimum atomic E-state index is -1.11. The summed E-state index contributed by atoms with van der Waals surface area (Å²) in [6.45, 7) is 1.59. The summed E-state index contributed by atoms with van der Waals surface area (Å²) in [6, 6.07) is 7.23. The smallest absolute Gasteiger partial charge is 0.241 e. The first-order chi connectivity index (χ1) is 5.94. The largest absolute Gasteiger partial charge is 0.368 e. The van der Waals surface area contributed by atoms with Gasteiger partial charge in [-0.05, 0) is 24.6 Å². The van der Waals surface area contributed by atoms with Crippen molar-refractivity contribution in [2.24, 2.45) is 11.5 Å². The van der Waals surface area contributed by atoms with Gasteiger partial charge in [0.05, 0.1) is 0 Å². The van der Waals surface area contributed by atoms with E-state index in [1.54, 1.807) is 19.1 Å². The second-order valence-corrected chi connectivity index (χ2v) is 3.99. The van der Waals surface area contributed by atoms with Crippen molar-refractivity contribution in [2.45, 2.75) is 12.5 Å². The van der Waals surface area contributed by atoms with E-state index < -0.39 is 11.4 Å². The number of hydrogen-bond acceptors (Lipinski definition) is 2. The third-order valence-corrected chi connectivity index (χ3v) is 2.43. The average molecular weight is 243 g/mol. The van der Waals surface area contributed by atoms with Crippen LogP contribution in [0.15, 0.2) is 28.7 Å². The molecule has 0 aliphatic carbocycles. The van der Waals surface area contributed by atoms with E-state index in [1.807, 2.05) is 12.1 Å². The number of halogens is 1. The molecule has 1 amide bonds. The molecule has 13 heavy (non-hydrogen) atoms. The molecule has 0 radical (unpaired) electrons. The zero-order chi connectivity index (χ0) is 10.1. The molecule has 0 fully saturated rings. The van der Waals surface area contributed by atoms with Crippen LogP contribution in [0.1, 0.15) is 12.5 Å². The first-order valence-corrected chi connectivity index (χ1v) is 4.58. The molecule has 3 nitrogen and oxygen atoms in total. The fourth-order valence-electron chi connectivity index (χ4n) is 0.954. The molecule has 70 valence electrons. The van der Waals surface area contributed by atoms with Gasteiger partial charge in [0.25, 0.3) is 0 Å². The van der Waals surface area contributed by atoms with Crippen LogP contribution in [0.3, 0.4) is 0 Å². The summed E-state index contributed by atoms with van der Waals surface area (Å²) < 4.78 is 0.878. The third kappa shape index (κ3) is 2.08. The molecule has 0 aliphatic heterocycles. The summed E-state index contributed by atoms with van der Waals surface area (Å²) in [7, 11) is 0. The minimum Gasteiger partial charge on any atom is -0.368 e. The molecule has 1 aromatic rings. The second kappa shape index (κ2) is 3.47. The van der Waals surface area contributed by atoms with Crippen LogP contribution in [-0.2, 0) is 10.3 Å². The molecule has 1 aromatic carbocycles. The lowest BCUT2D eigenvalue weighted by Gasteiger charge is -2.20. The van der Waals surface area contributed by atoms with Gasteiger partial charge in [0.1, 0.15) is 5.54 Å². The highest BCUT2D eigenvalue weighted by Crippen LogP contribution is 2.20. The molecular formula is C9H11BrN2O. The van der Waals surface area contributed by atoms with E-state index in [1.165, 1.54) is 0 Å². The zero-order valence-electron chi connectivity index (χ0n) is 7.25. The first kappa shape index (κ1) is 10.2. The van der Waals surface area contributed by atoms with Crippen LogP contribution >= 0.6 is 15.9 Å². The Hall–Kier alpha value is -0.870. The predicted octanol–water partition coefficient (Wildman–Crippen LogP) is 1.11. The highest BCUT2D eigenvalue weighted by molar-refractivity contribution is 9.10. The fourth-order valence-corrected chi connectivity index (χ4v) is 1.35.